The van der Waals surface area contributed by atoms with E-state index in [0.717, 1.165) is 15.4 Å². The van der Waals surface area contributed by atoms with Gasteiger partial charge >= 0.3 is 5.97 Å². The number of carbonyl (C=O) groups is 2. The molecule has 0 atom stereocenters. The zero-order valence-electron chi connectivity index (χ0n) is 10.7. The number of nitrogens with one attached hydrogen (secondary N) is 1. The number of aliphatic carboxylic acids is 1. The molecule has 1 aliphatic rings. The smallest absolute Gasteiger partial charge is 0.329 e. The Morgan fingerprint density at radius 3 is 2.65 bits per heavy atom. The van der Waals surface area contributed by atoms with Crippen LogP contribution in [0.2, 0.25) is 0 Å². The summed E-state index contributed by atoms with van der Waals surface area (Å²) in [6.07, 6.45) is 0.911. The first kappa shape index (κ1) is 13.2. The number of aryl methyl sites for hydroxylation is 1. The number of furan rings is 1. The molecule has 1 saturated carbocycles. The molecule has 2 aromatic rings. The summed E-state index contributed by atoms with van der Waals surface area (Å²) in [7, 11) is 0. The first-order valence-electron chi connectivity index (χ1n) is 6.17. The van der Waals surface area contributed by atoms with Crippen LogP contribution in [0.25, 0.3) is 11.0 Å². The topological polar surface area (TPSA) is 79.5 Å². The summed E-state index contributed by atoms with van der Waals surface area (Å²) in [6.45, 7) is 1.95. The molecule has 0 radical (unpaired) electrons. The van der Waals surface area contributed by atoms with E-state index in [0.29, 0.717) is 18.4 Å². The van der Waals surface area contributed by atoms with Gasteiger partial charge in [0.1, 0.15) is 11.1 Å². The average Bonchev–Trinajstić information content (AvgIpc) is 3.00. The second-order valence-electron chi connectivity index (χ2n) is 5.12. The number of carbonyl (C=O) groups excluding carboxylic acids is 1. The van der Waals surface area contributed by atoms with E-state index in [1.165, 1.54) is 0 Å². The van der Waals surface area contributed by atoms with Crippen LogP contribution < -0.4 is 5.32 Å². The molecule has 2 N–H and O–H groups in total. The van der Waals surface area contributed by atoms with Crippen molar-refractivity contribution in [1.82, 2.24) is 5.32 Å². The average molecular weight is 338 g/mol. The van der Waals surface area contributed by atoms with Crippen LogP contribution in [0, 0.1) is 6.92 Å². The van der Waals surface area contributed by atoms with Gasteiger partial charge in [0, 0.05) is 5.39 Å². The van der Waals surface area contributed by atoms with Crippen LogP contribution in [0.5, 0.6) is 0 Å². The minimum atomic E-state index is -1.11. The molecular weight excluding hydrogens is 326 g/mol. The Kier molecular flexibility index (Phi) is 2.86. The Balaban J connectivity index is 1.93. The van der Waals surface area contributed by atoms with Crippen molar-refractivity contribution < 1.29 is 19.1 Å². The minimum Gasteiger partial charge on any atom is -0.480 e. The van der Waals surface area contributed by atoms with Crippen molar-refractivity contribution in [3.8, 4) is 0 Å². The Morgan fingerprint density at radius 1 is 1.35 bits per heavy atom. The number of halogens is 1. The van der Waals surface area contributed by atoms with Gasteiger partial charge in [0.05, 0.1) is 4.47 Å². The molecule has 1 aromatic heterocycles. The Bertz CT molecular complexity index is 730. The summed E-state index contributed by atoms with van der Waals surface area (Å²) >= 11 is 3.39. The maximum atomic E-state index is 12.1. The van der Waals surface area contributed by atoms with Crippen LogP contribution in [0.3, 0.4) is 0 Å². The number of fused-ring (bicyclic) bond motifs is 1. The number of carboxylic acids is 1. The predicted molar refractivity (Wildman–Crippen MR) is 75.7 cm³/mol. The summed E-state index contributed by atoms with van der Waals surface area (Å²) in [5, 5.41) is 12.4. The zero-order chi connectivity index (χ0) is 14.5. The van der Waals surface area contributed by atoms with Crippen LogP contribution in [-0.2, 0) is 4.79 Å². The normalized spacial score (nSPS) is 16.1. The highest BCUT2D eigenvalue weighted by Gasteiger charge is 2.52. The van der Waals surface area contributed by atoms with Gasteiger partial charge in [0.2, 0.25) is 0 Å². The maximum absolute atomic E-state index is 12.1. The number of rotatable bonds is 3. The van der Waals surface area contributed by atoms with Gasteiger partial charge in [-0.2, -0.15) is 0 Å². The molecule has 1 fully saturated rings. The summed E-state index contributed by atoms with van der Waals surface area (Å²) < 4.78 is 6.29. The van der Waals surface area contributed by atoms with Crippen molar-refractivity contribution in [3.05, 3.63) is 34.0 Å². The summed E-state index contributed by atoms with van der Waals surface area (Å²) in [4.78, 5) is 23.2. The minimum absolute atomic E-state index is 0.124. The molecular formula is C14H12BrNO4. The van der Waals surface area contributed by atoms with Crippen LogP contribution in [0.1, 0.15) is 29.0 Å². The van der Waals surface area contributed by atoms with E-state index in [9.17, 15) is 9.59 Å². The molecule has 6 heteroatoms. The molecule has 1 amide bonds. The summed E-state index contributed by atoms with van der Waals surface area (Å²) in [5.41, 5.74) is 0.519. The lowest BCUT2D eigenvalue weighted by molar-refractivity contribution is -0.140. The second kappa shape index (κ2) is 4.34. The third-order valence-corrected chi connectivity index (χ3v) is 4.04. The maximum Gasteiger partial charge on any atom is 0.329 e. The van der Waals surface area contributed by atoms with Crippen LogP contribution in [-0.4, -0.2) is 22.5 Å². The predicted octanol–water partition coefficient (Wildman–Crippen LogP) is 2.85. The van der Waals surface area contributed by atoms with E-state index in [-0.39, 0.29) is 5.76 Å². The van der Waals surface area contributed by atoms with Crippen molar-refractivity contribution in [3.63, 3.8) is 0 Å². The van der Waals surface area contributed by atoms with Crippen molar-refractivity contribution in [1.29, 1.82) is 0 Å². The molecule has 0 aliphatic heterocycles. The highest BCUT2D eigenvalue weighted by atomic mass is 79.9. The molecule has 0 spiro atoms. The first-order valence-corrected chi connectivity index (χ1v) is 6.96. The van der Waals surface area contributed by atoms with Crippen LogP contribution >= 0.6 is 15.9 Å². The van der Waals surface area contributed by atoms with E-state index < -0.39 is 17.4 Å². The number of hydrogen-bond acceptors (Lipinski definition) is 3. The van der Waals surface area contributed by atoms with Crippen molar-refractivity contribution >= 4 is 38.8 Å². The number of hydrogen-bond donors (Lipinski definition) is 2. The number of carboxylic acid groups (broad SMARTS) is 1. The largest absolute Gasteiger partial charge is 0.480 e. The van der Waals surface area contributed by atoms with Crippen molar-refractivity contribution in [2.24, 2.45) is 0 Å². The third-order valence-electron chi connectivity index (χ3n) is 3.45. The fraction of sp³-hybridized carbons (Fsp3) is 0.286. The zero-order valence-corrected chi connectivity index (χ0v) is 12.3. The van der Waals surface area contributed by atoms with Crippen molar-refractivity contribution in [2.45, 2.75) is 25.3 Å². The molecule has 0 unspecified atom stereocenters. The lowest BCUT2D eigenvalue weighted by Crippen LogP contribution is -2.42. The highest BCUT2D eigenvalue weighted by molar-refractivity contribution is 9.10. The molecule has 1 heterocycles. The lowest BCUT2D eigenvalue weighted by atomic mass is 10.2. The second-order valence-corrected chi connectivity index (χ2v) is 5.97. The van der Waals surface area contributed by atoms with E-state index in [1.54, 1.807) is 6.07 Å². The molecule has 1 aliphatic carbocycles. The number of amides is 1. The van der Waals surface area contributed by atoms with Crippen LogP contribution in [0.4, 0.5) is 0 Å². The van der Waals surface area contributed by atoms with E-state index >= 15 is 0 Å². The number of benzene rings is 1. The van der Waals surface area contributed by atoms with Gasteiger partial charge in [0.15, 0.2) is 5.76 Å². The quantitative estimate of drug-likeness (QED) is 0.902. The van der Waals surface area contributed by atoms with E-state index in [2.05, 4.69) is 21.2 Å². The molecule has 0 bridgehead atoms. The van der Waals surface area contributed by atoms with Crippen LogP contribution in [0.15, 0.2) is 27.1 Å². The molecule has 1 aromatic carbocycles. The fourth-order valence-corrected chi connectivity index (χ4v) is 2.83. The summed E-state index contributed by atoms with van der Waals surface area (Å²) in [6, 6.07) is 5.43. The Morgan fingerprint density at radius 2 is 2.05 bits per heavy atom. The Hall–Kier alpha value is -1.82. The van der Waals surface area contributed by atoms with Gasteiger partial charge in [-0.1, -0.05) is 0 Å². The van der Waals surface area contributed by atoms with Gasteiger partial charge in [-0.05, 0) is 59.5 Å². The van der Waals surface area contributed by atoms with Crippen molar-refractivity contribution in [2.75, 3.05) is 0 Å². The first-order chi connectivity index (χ1) is 9.41. The molecule has 3 rings (SSSR count). The lowest BCUT2D eigenvalue weighted by Gasteiger charge is -2.10. The molecule has 5 nitrogen and oxygen atoms in total. The fourth-order valence-electron chi connectivity index (χ4n) is 2.16. The SMILES string of the molecule is Cc1cc(Br)c2oc(C(=O)NC3(C(=O)O)CC3)cc2c1. The molecule has 104 valence electrons. The molecule has 20 heavy (non-hydrogen) atoms. The van der Waals surface area contributed by atoms with Gasteiger partial charge in [-0.25, -0.2) is 4.79 Å². The standard InChI is InChI=1S/C14H12BrNO4/c1-7-4-8-6-10(20-11(8)9(15)5-7)12(17)16-14(2-3-14)13(18)19/h4-6H,2-3H2,1H3,(H,16,17)(H,18,19). The monoisotopic (exact) mass is 337 g/mol. The molecule has 0 saturated heterocycles. The van der Waals surface area contributed by atoms with E-state index in [4.69, 9.17) is 9.52 Å². The Labute approximate surface area is 123 Å². The summed E-state index contributed by atoms with van der Waals surface area (Å²) in [5.74, 6) is -1.37. The third kappa shape index (κ3) is 2.10. The van der Waals surface area contributed by atoms with E-state index in [1.807, 2.05) is 19.1 Å². The van der Waals surface area contributed by atoms with Gasteiger partial charge < -0.3 is 14.8 Å². The van der Waals surface area contributed by atoms with Gasteiger partial charge in [-0.3, -0.25) is 4.79 Å². The van der Waals surface area contributed by atoms with Gasteiger partial charge in [-0.15, -0.1) is 0 Å². The highest BCUT2D eigenvalue weighted by Crippen LogP contribution is 2.36. The van der Waals surface area contributed by atoms with Gasteiger partial charge in [0.25, 0.3) is 5.91 Å².